The molecule has 0 unspecified atom stereocenters. The molecule has 7 heteroatoms. The number of carbonyl (C=O) groups is 2. The first kappa shape index (κ1) is 22.9. The second-order valence-corrected chi connectivity index (χ2v) is 8.44. The number of hydrogen-bond acceptors (Lipinski definition) is 6. The Morgan fingerprint density at radius 1 is 1.00 bits per heavy atom. The molecule has 0 saturated carbocycles. The van der Waals surface area contributed by atoms with Gasteiger partial charge in [0.15, 0.2) is 0 Å². The van der Waals surface area contributed by atoms with Gasteiger partial charge in [0, 0.05) is 18.7 Å². The molecule has 1 saturated heterocycles. The van der Waals surface area contributed by atoms with Gasteiger partial charge in [0.2, 0.25) is 0 Å². The third kappa shape index (κ3) is 4.33. The highest BCUT2D eigenvalue weighted by molar-refractivity contribution is 6.45. The molecule has 0 aliphatic carbocycles. The van der Waals surface area contributed by atoms with Gasteiger partial charge >= 0.3 is 0 Å². The van der Waals surface area contributed by atoms with Crippen LogP contribution in [0, 0.1) is 0 Å². The highest BCUT2D eigenvalue weighted by atomic mass is 16.5. The minimum Gasteiger partial charge on any atom is -0.496 e. The van der Waals surface area contributed by atoms with Crippen molar-refractivity contribution >= 4 is 23.1 Å². The first-order valence-electron chi connectivity index (χ1n) is 11.4. The van der Waals surface area contributed by atoms with Crippen molar-refractivity contribution in [1.82, 2.24) is 9.80 Å². The predicted octanol–water partition coefficient (Wildman–Crippen LogP) is 3.40. The Morgan fingerprint density at radius 2 is 1.67 bits per heavy atom. The van der Waals surface area contributed by atoms with Crippen LogP contribution in [-0.2, 0) is 9.59 Å². The largest absolute Gasteiger partial charge is 0.496 e. The first-order valence-corrected chi connectivity index (χ1v) is 11.4. The van der Waals surface area contributed by atoms with Crippen molar-refractivity contribution in [2.24, 2.45) is 0 Å². The highest BCUT2D eigenvalue weighted by Gasteiger charge is 2.44. The Bertz CT molecular complexity index is 1060. The van der Waals surface area contributed by atoms with E-state index in [1.165, 1.54) is 4.90 Å². The molecule has 7 nitrogen and oxygen atoms in total. The van der Waals surface area contributed by atoms with E-state index in [2.05, 4.69) is 11.9 Å². The van der Waals surface area contributed by atoms with Gasteiger partial charge in [0.05, 0.1) is 25.0 Å². The molecule has 0 bridgehead atoms. The lowest BCUT2D eigenvalue weighted by Crippen LogP contribution is -2.43. The number of ether oxygens (including phenoxy) is 2. The molecule has 2 heterocycles. The lowest BCUT2D eigenvalue weighted by Gasteiger charge is -2.36. The van der Waals surface area contributed by atoms with E-state index in [-0.39, 0.29) is 17.9 Å². The van der Waals surface area contributed by atoms with Crippen LogP contribution in [0.5, 0.6) is 11.5 Å². The number of carbonyl (C=O) groups excluding carboxylic acids is 2. The maximum Gasteiger partial charge on any atom is 0.282 e. The van der Waals surface area contributed by atoms with Gasteiger partial charge in [0.1, 0.15) is 17.2 Å². The number of hydrogen-bond donors (Lipinski definition) is 0. The summed E-state index contributed by atoms with van der Waals surface area (Å²) in [5, 5.41) is 0. The number of benzene rings is 2. The molecule has 4 rings (SSSR count). The Labute approximate surface area is 195 Å². The SMILES string of the molecule is CCOc1ccc(N2C(=O)C(c3ccccc3OC)=C(N(C)C3CCN(C)CC3)C2=O)cc1. The van der Waals surface area contributed by atoms with Gasteiger partial charge < -0.3 is 19.3 Å². The van der Waals surface area contributed by atoms with E-state index in [4.69, 9.17) is 9.47 Å². The minimum absolute atomic E-state index is 0.179. The van der Waals surface area contributed by atoms with E-state index in [0.717, 1.165) is 25.9 Å². The van der Waals surface area contributed by atoms with Crippen molar-refractivity contribution in [3.63, 3.8) is 0 Å². The van der Waals surface area contributed by atoms with Gasteiger partial charge in [-0.3, -0.25) is 9.59 Å². The summed E-state index contributed by atoms with van der Waals surface area (Å²) in [6, 6.07) is 14.6. The van der Waals surface area contributed by atoms with Crippen molar-refractivity contribution in [2.75, 3.05) is 45.8 Å². The molecule has 0 N–H and O–H groups in total. The quantitative estimate of drug-likeness (QED) is 0.604. The monoisotopic (exact) mass is 449 g/mol. The van der Waals surface area contributed by atoms with Gasteiger partial charge in [-0.1, -0.05) is 18.2 Å². The van der Waals surface area contributed by atoms with Crippen LogP contribution in [0.1, 0.15) is 25.3 Å². The molecule has 33 heavy (non-hydrogen) atoms. The first-order chi connectivity index (χ1) is 16.0. The van der Waals surface area contributed by atoms with Crippen molar-refractivity contribution in [3.05, 3.63) is 59.8 Å². The number of piperidine rings is 1. The minimum atomic E-state index is -0.344. The molecule has 2 aliphatic rings. The molecule has 0 radical (unpaired) electrons. The summed E-state index contributed by atoms with van der Waals surface area (Å²) in [5.41, 5.74) is 1.95. The topological polar surface area (TPSA) is 62.3 Å². The molecule has 0 spiro atoms. The standard InChI is InChI=1S/C26H31N3O4/c1-5-33-20-12-10-19(11-13-20)29-25(30)23(21-8-6-7-9-22(21)32-4)24(26(29)31)28(3)18-14-16-27(2)17-15-18/h6-13,18H,5,14-17H2,1-4H3. The van der Waals surface area contributed by atoms with Gasteiger partial charge in [-0.25, -0.2) is 4.90 Å². The average Bonchev–Trinajstić information content (AvgIpc) is 3.09. The zero-order valence-corrected chi connectivity index (χ0v) is 19.7. The zero-order valence-electron chi connectivity index (χ0n) is 19.7. The Hall–Kier alpha value is -3.32. The molecule has 2 aromatic carbocycles. The summed E-state index contributed by atoms with van der Waals surface area (Å²) in [6.45, 7) is 4.37. The number of likely N-dealkylation sites (N-methyl/N-ethyl adjacent to an activating group) is 1. The second-order valence-electron chi connectivity index (χ2n) is 8.44. The van der Waals surface area contributed by atoms with E-state index < -0.39 is 0 Å². The van der Waals surface area contributed by atoms with Crippen LogP contribution in [-0.4, -0.2) is 68.6 Å². The molecule has 174 valence electrons. The summed E-state index contributed by atoms with van der Waals surface area (Å²) in [6.07, 6.45) is 1.86. The van der Waals surface area contributed by atoms with Crippen LogP contribution in [0.3, 0.4) is 0 Å². The van der Waals surface area contributed by atoms with Crippen molar-refractivity contribution < 1.29 is 19.1 Å². The summed E-state index contributed by atoms with van der Waals surface area (Å²) in [4.78, 5) is 33.1. The number of amides is 2. The molecule has 0 atom stereocenters. The number of anilines is 1. The van der Waals surface area contributed by atoms with E-state index >= 15 is 0 Å². The average molecular weight is 450 g/mol. The van der Waals surface area contributed by atoms with Crippen LogP contribution in [0.4, 0.5) is 5.69 Å². The molecule has 2 amide bonds. The molecule has 2 aromatic rings. The van der Waals surface area contributed by atoms with Crippen molar-refractivity contribution in [1.29, 1.82) is 0 Å². The smallest absolute Gasteiger partial charge is 0.282 e. The Morgan fingerprint density at radius 3 is 2.30 bits per heavy atom. The summed E-state index contributed by atoms with van der Waals surface area (Å²) < 4.78 is 11.1. The van der Waals surface area contributed by atoms with E-state index in [9.17, 15) is 9.59 Å². The lowest BCUT2D eigenvalue weighted by molar-refractivity contribution is -0.120. The number of imide groups is 1. The highest BCUT2D eigenvalue weighted by Crippen LogP contribution is 2.39. The number of likely N-dealkylation sites (tertiary alicyclic amines) is 1. The number of nitrogens with zero attached hydrogens (tertiary/aromatic N) is 3. The van der Waals surface area contributed by atoms with Crippen molar-refractivity contribution in [2.45, 2.75) is 25.8 Å². The van der Waals surface area contributed by atoms with E-state index in [0.29, 0.717) is 40.6 Å². The third-order valence-corrected chi connectivity index (χ3v) is 6.43. The van der Waals surface area contributed by atoms with Gasteiger partial charge in [-0.05, 0) is 70.2 Å². The summed E-state index contributed by atoms with van der Waals surface area (Å²) in [7, 11) is 5.60. The summed E-state index contributed by atoms with van der Waals surface area (Å²) in [5.74, 6) is 0.605. The molecular weight excluding hydrogens is 418 g/mol. The molecule has 0 aromatic heterocycles. The van der Waals surface area contributed by atoms with Crippen LogP contribution < -0.4 is 14.4 Å². The Kier molecular flexibility index (Phi) is 6.70. The fourth-order valence-electron chi connectivity index (χ4n) is 4.60. The van der Waals surface area contributed by atoms with E-state index in [1.807, 2.05) is 43.1 Å². The molecule has 1 fully saturated rings. The second kappa shape index (κ2) is 9.67. The van der Waals surface area contributed by atoms with Gasteiger partial charge in [-0.2, -0.15) is 0 Å². The van der Waals surface area contributed by atoms with Crippen LogP contribution in [0.2, 0.25) is 0 Å². The maximum atomic E-state index is 13.8. The van der Waals surface area contributed by atoms with Crippen LogP contribution >= 0.6 is 0 Å². The summed E-state index contributed by atoms with van der Waals surface area (Å²) >= 11 is 0. The fraction of sp³-hybridized carbons (Fsp3) is 0.385. The molecular formula is C26H31N3O4. The third-order valence-electron chi connectivity index (χ3n) is 6.43. The predicted molar refractivity (Wildman–Crippen MR) is 128 cm³/mol. The lowest BCUT2D eigenvalue weighted by atomic mass is 9.99. The normalized spacial score (nSPS) is 17.6. The van der Waals surface area contributed by atoms with E-state index in [1.54, 1.807) is 31.4 Å². The maximum absolute atomic E-state index is 13.8. The van der Waals surface area contributed by atoms with Gasteiger partial charge in [-0.15, -0.1) is 0 Å². The van der Waals surface area contributed by atoms with Gasteiger partial charge in [0.25, 0.3) is 11.8 Å². The van der Waals surface area contributed by atoms with Crippen LogP contribution in [0.15, 0.2) is 54.2 Å². The molecule has 2 aliphatic heterocycles. The number of rotatable bonds is 7. The number of methoxy groups -OCH3 is 1. The fourth-order valence-corrected chi connectivity index (χ4v) is 4.60. The number of para-hydroxylation sites is 1. The van der Waals surface area contributed by atoms with Crippen LogP contribution in [0.25, 0.3) is 5.57 Å². The van der Waals surface area contributed by atoms with Crippen molar-refractivity contribution in [3.8, 4) is 11.5 Å². The Balaban J connectivity index is 1.77. The zero-order chi connectivity index (χ0) is 23.5.